The molecule has 1 atom stereocenters. The van der Waals surface area contributed by atoms with Crippen molar-refractivity contribution in [2.24, 2.45) is 5.29 Å². The van der Waals surface area contributed by atoms with E-state index in [0.29, 0.717) is 6.04 Å². The monoisotopic (exact) mass is 157 g/mol. The predicted molar refractivity (Wildman–Crippen MR) is 44.1 cm³/mol. The molecule has 4 nitrogen and oxygen atoms in total. The van der Waals surface area contributed by atoms with Gasteiger partial charge in [0, 0.05) is 12.6 Å². The minimum atomic E-state index is 0.501. The van der Waals surface area contributed by atoms with Crippen LogP contribution in [0.3, 0.4) is 0 Å². The molecule has 1 unspecified atom stereocenters. The van der Waals surface area contributed by atoms with Crippen LogP contribution in [0.25, 0.3) is 0 Å². The molecule has 0 spiro atoms. The highest BCUT2D eigenvalue weighted by atomic mass is 16.3. The lowest BCUT2D eigenvalue weighted by atomic mass is 10.1. The molecule has 0 bridgehead atoms. The molecule has 0 N–H and O–H groups in total. The highest BCUT2D eigenvalue weighted by molar-refractivity contribution is 4.75. The van der Waals surface area contributed by atoms with Gasteiger partial charge in [-0.3, -0.25) is 5.01 Å². The van der Waals surface area contributed by atoms with Crippen LogP contribution >= 0.6 is 0 Å². The maximum absolute atomic E-state index is 10.2. The highest BCUT2D eigenvalue weighted by Crippen LogP contribution is 2.13. The Morgan fingerprint density at radius 3 is 2.82 bits per heavy atom. The van der Waals surface area contributed by atoms with Gasteiger partial charge >= 0.3 is 0 Å². The van der Waals surface area contributed by atoms with E-state index >= 15 is 0 Å². The molecule has 0 aromatic carbocycles. The third-order valence-electron chi connectivity index (χ3n) is 2.22. The number of nitroso groups, excluding NO2 is 1. The Morgan fingerprint density at radius 1 is 1.55 bits per heavy atom. The van der Waals surface area contributed by atoms with Crippen molar-refractivity contribution in [1.29, 1.82) is 0 Å². The van der Waals surface area contributed by atoms with Crippen LogP contribution in [-0.2, 0) is 0 Å². The van der Waals surface area contributed by atoms with E-state index in [-0.39, 0.29) is 0 Å². The summed E-state index contributed by atoms with van der Waals surface area (Å²) >= 11 is 0. The highest BCUT2D eigenvalue weighted by Gasteiger charge is 2.20. The predicted octanol–water partition coefficient (Wildman–Crippen LogP) is 0.694. The van der Waals surface area contributed by atoms with Gasteiger partial charge in [-0.25, -0.2) is 0 Å². The second-order valence-electron chi connectivity index (χ2n) is 3.25. The van der Waals surface area contributed by atoms with Crippen LogP contribution in [0, 0.1) is 4.91 Å². The van der Waals surface area contributed by atoms with Crippen molar-refractivity contribution in [1.82, 2.24) is 9.91 Å². The van der Waals surface area contributed by atoms with Gasteiger partial charge < -0.3 is 4.90 Å². The van der Waals surface area contributed by atoms with Gasteiger partial charge in [0.1, 0.15) is 0 Å². The van der Waals surface area contributed by atoms with E-state index in [1.165, 1.54) is 6.42 Å². The largest absolute Gasteiger partial charge is 0.305 e. The topological polar surface area (TPSA) is 35.9 Å². The first-order valence-corrected chi connectivity index (χ1v) is 3.98. The van der Waals surface area contributed by atoms with Gasteiger partial charge in [0.05, 0.1) is 11.8 Å². The molecule has 11 heavy (non-hydrogen) atoms. The average Bonchev–Trinajstić information content (AvgIpc) is 2.05. The maximum Gasteiger partial charge on any atom is 0.0548 e. The molecule has 1 aliphatic rings. The summed E-state index contributed by atoms with van der Waals surface area (Å²) in [5.74, 6) is 0. The fraction of sp³-hybridized carbons (Fsp3) is 1.00. The molecule has 1 aliphatic heterocycles. The fourth-order valence-corrected chi connectivity index (χ4v) is 1.43. The summed E-state index contributed by atoms with van der Waals surface area (Å²) in [4.78, 5) is 12.3. The average molecular weight is 157 g/mol. The Morgan fingerprint density at radius 2 is 2.27 bits per heavy atom. The molecule has 4 heteroatoms. The fourth-order valence-electron chi connectivity index (χ4n) is 1.43. The van der Waals surface area contributed by atoms with Crippen LogP contribution in [0.2, 0.25) is 0 Å². The third kappa shape index (κ3) is 2.15. The summed E-state index contributed by atoms with van der Waals surface area (Å²) in [6, 6.07) is 0.501. The summed E-state index contributed by atoms with van der Waals surface area (Å²) < 4.78 is 0. The van der Waals surface area contributed by atoms with E-state index in [0.717, 1.165) is 19.5 Å². The van der Waals surface area contributed by atoms with Crippen molar-refractivity contribution in [2.45, 2.75) is 18.9 Å². The quantitative estimate of drug-likeness (QED) is 0.553. The molecule has 0 aromatic heterocycles. The summed E-state index contributed by atoms with van der Waals surface area (Å²) in [5, 5.41) is 4.54. The van der Waals surface area contributed by atoms with Gasteiger partial charge in [-0.15, -0.1) is 4.91 Å². The summed E-state index contributed by atoms with van der Waals surface area (Å²) in [6.07, 6.45) is 2.26. The second kappa shape index (κ2) is 3.67. The zero-order valence-corrected chi connectivity index (χ0v) is 7.16. The zero-order valence-electron chi connectivity index (χ0n) is 7.16. The number of piperidine rings is 1. The molecule has 0 aliphatic carbocycles. The van der Waals surface area contributed by atoms with Crippen LogP contribution in [0.15, 0.2) is 5.29 Å². The van der Waals surface area contributed by atoms with Crippen molar-refractivity contribution in [2.75, 3.05) is 27.2 Å². The van der Waals surface area contributed by atoms with E-state index < -0.39 is 0 Å². The standard InChI is InChI=1S/C7H15N3O/c1-9(2)7-4-3-5-10(6-7)8-11/h7H,3-6H2,1-2H3. The van der Waals surface area contributed by atoms with Crippen molar-refractivity contribution in [3.63, 3.8) is 0 Å². The number of nitrogens with zero attached hydrogens (tertiary/aromatic N) is 3. The lowest BCUT2D eigenvalue weighted by Gasteiger charge is -2.32. The first kappa shape index (κ1) is 8.46. The Hall–Kier alpha value is -0.640. The summed E-state index contributed by atoms with van der Waals surface area (Å²) in [6.45, 7) is 1.62. The van der Waals surface area contributed by atoms with E-state index in [1.54, 1.807) is 5.01 Å². The van der Waals surface area contributed by atoms with Gasteiger partial charge in [-0.05, 0) is 26.9 Å². The Bertz CT molecular complexity index is 138. The van der Waals surface area contributed by atoms with E-state index in [9.17, 15) is 4.91 Å². The number of rotatable bonds is 2. The van der Waals surface area contributed by atoms with Crippen LogP contribution < -0.4 is 0 Å². The summed E-state index contributed by atoms with van der Waals surface area (Å²) in [7, 11) is 4.08. The van der Waals surface area contributed by atoms with Crippen LogP contribution in [0.4, 0.5) is 0 Å². The van der Waals surface area contributed by atoms with Crippen LogP contribution in [0.5, 0.6) is 0 Å². The number of hydrogen-bond acceptors (Lipinski definition) is 3. The SMILES string of the molecule is CN(C)C1CCCN(N=O)C1. The summed E-state index contributed by atoms with van der Waals surface area (Å²) in [5.41, 5.74) is 0. The first-order valence-electron chi connectivity index (χ1n) is 3.98. The molecule has 0 saturated carbocycles. The Kier molecular flexibility index (Phi) is 2.82. The lowest BCUT2D eigenvalue weighted by Crippen LogP contribution is -2.42. The van der Waals surface area contributed by atoms with E-state index in [2.05, 4.69) is 10.2 Å². The smallest absolute Gasteiger partial charge is 0.0548 e. The van der Waals surface area contributed by atoms with Crippen LogP contribution in [0.1, 0.15) is 12.8 Å². The molecule has 1 heterocycles. The third-order valence-corrected chi connectivity index (χ3v) is 2.22. The maximum atomic E-state index is 10.2. The first-order chi connectivity index (χ1) is 5.24. The van der Waals surface area contributed by atoms with Crippen molar-refractivity contribution >= 4 is 0 Å². The molecule has 64 valence electrons. The molecule has 0 radical (unpaired) electrons. The number of likely N-dealkylation sites (N-methyl/N-ethyl adjacent to an activating group) is 1. The minimum Gasteiger partial charge on any atom is -0.305 e. The molecule has 1 rings (SSSR count). The zero-order chi connectivity index (χ0) is 8.27. The van der Waals surface area contributed by atoms with E-state index in [1.807, 2.05) is 14.1 Å². The molecular formula is C7H15N3O. The Labute approximate surface area is 67.1 Å². The van der Waals surface area contributed by atoms with Crippen molar-refractivity contribution in [3.05, 3.63) is 4.91 Å². The minimum absolute atomic E-state index is 0.501. The van der Waals surface area contributed by atoms with Gasteiger partial charge in [0.25, 0.3) is 0 Å². The van der Waals surface area contributed by atoms with Crippen LogP contribution in [-0.4, -0.2) is 43.1 Å². The molecule has 0 amide bonds. The molecule has 1 saturated heterocycles. The normalized spacial score (nSPS) is 25.7. The van der Waals surface area contributed by atoms with Gasteiger partial charge in [-0.2, -0.15) is 0 Å². The molecule has 1 fully saturated rings. The molecular weight excluding hydrogens is 142 g/mol. The van der Waals surface area contributed by atoms with Gasteiger partial charge in [0.15, 0.2) is 0 Å². The molecule has 0 aromatic rings. The van der Waals surface area contributed by atoms with Gasteiger partial charge in [0.2, 0.25) is 0 Å². The van der Waals surface area contributed by atoms with E-state index in [4.69, 9.17) is 0 Å². The lowest BCUT2D eigenvalue weighted by molar-refractivity contribution is 0.135. The second-order valence-corrected chi connectivity index (χ2v) is 3.25. The Balaban J connectivity index is 2.39. The van der Waals surface area contributed by atoms with Crippen molar-refractivity contribution < 1.29 is 0 Å². The van der Waals surface area contributed by atoms with Crippen molar-refractivity contribution in [3.8, 4) is 0 Å². The van der Waals surface area contributed by atoms with Gasteiger partial charge in [-0.1, -0.05) is 0 Å². The number of hydrogen-bond donors (Lipinski definition) is 0.